The molecule has 0 saturated heterocycles. The maximum atomic E-state index is 14.5. The van der Waals surface area contributed by atoms with Gasteiger partial charge in [-0.2, -0.15) is 0 Å². The molecular formula is C25H20FN3O3. The number of carbonyl (C=O) groups excluding carboxylic acids is 3. The van der Waals surface area contributed by atoms with E-state index in [1.807, 2.05) is 25.1 Å². The molecule has 0 unspecified atom stereocenters. The van der Waals surface area contributed by atoms with Crippen molar-refractivity contribution in [1.29, 1.82) is 0 Å². The van der Waals surface area contributed by atoms with E-state index in [1.165, 1.54) is 25.1 Å². The van der Waals surface area contributed by atoms with E-state index in [9.17, 15) is 18.8 Å². The minimum atomic E-state index is -0.674. The molecule has 160 valence electrons. The Morgan fingerprint density at radius 2 is 1.53 bits per heavy atom. The van der Waals surface area contributed by atoms with Gasteiger partial charge in [0.2, 0.25) is 5.91 Å². The summed E-state index contributed by atoms with van der Waals surface area (Å²) in [5, 5.41) is 5.74. The van der Waals surface area contributed by atoms with Gasteiger partial charge < -0.3 is 10.6 Å². The first-order chi connectivity index (χ1) is 15.4. The number of carbonyl (C=O) groups is 3. The summed E-state index contributed by atoms with van der Waals surface area (Å²) in [4.78, 5) is 38.9. The van der Waals surface area contributed by atoms with E-state index in [2.05, 4.69) is 10.6 Å². The lowest BCUT2D eigenvalue weighted by Crippen LogP contribution is -2.33. The summed E-state index contributed by atoms with van der Waals surface area (Å²) in [5.41, 5.74) is 2.62. The van der Waals surface area contributed by atoms with Crippen LogP contribution in [0.15, 0.2) is 78.5 Å². The zero-order chi connectivity index (χ0) is 22.8. The second kappa shape index (κ2) is 8.47. The van der Waals surface area contributed by atoms with Gasteiger partial charge in [0.1, 0.15) is 11.5 Å². The number of para-hydroxylation sites is 2. The van der Waals surface area contributed by atoms with Gasteiger partial charge in [0, 0.05) is 18.3 Å². The number of anilines is 3. The molecule has 0 fully saturated rings. The van der Waals surface area contributed by atoms with E-state index >= 15 is 0 Å². The van der Waals surface area contributed by atoms with Crippen molar-refractivity contribution < 1.29 is 18.8 Å². The molecule has 0 bridgehead atoms. The van der Waals surface area contributed by atoms with Crippen molar-refractivity contribution in [3.05, 3.63) is 95.4 Å². The quantitative estimate of drug-likeness (QED) is 0.586. The lowest BCUT2D eigenvalue weighted by atomic mass is 10.0. The molecule has 6 nitrogen and oxygen atoms in total. The molecule has 3 amide bonds. The first-order valence-corrected chi connectivity index (χ1v) is 9.95. The highest BCUT2D eigenvalue weighted by atomic mass is 19.1. The van der Waals surface area contributed by atoms with Crippen LogP contribution >= 0.6 is 0 Å². The number of hydrogen-bond acceptors (Lipinski definition) is 4. The van der Waals surface area contributed by atoms with Crippen LogP contribution < -0.4 is 15.5 Å². The van der Waals surface area contributed by atoms with Gasteiger partial charge in [-0.25, -0.2) is 9.29 Å². The van der Waals surface area contributed by atoms with Gasteiger partial charge in [0.25, 0.3) is 11.8 Å². The maximum absolute atomic E-state index is 14.5. The van der Waals surface area contributed by atoms with Crippen molar-refractivity contribution in [2.75, 3.05) is 15.5 Å². The Bertz CT molecular complexity index is 1270. The van der Waals surface area contributed by atoms with Crippen LogP contribution in [-0.2, 0) is 14.4 Å². The van der Waals surface area contributed by atoms with Gasteiger partial charge in [-0.1, -0.05) is 42.5 Å². The number of aryl methyl sites for hydroxylation is 1. The SMILES string of the molecule is CC(=O)Nc1ccc(C2=C(Nc3ccccc3C)C(=O)N(c3ccccc3F)C2=O)cc1. The Hall–Kier alpha value is -4.26. The number of imide groups is 1. The Labute approximate surface area is 184 Å². The normalized spacial score (nSPS) is 13.5. The third kappa shape index (κ3) is 3.88. The smallest absolute Gasteiger partial charge is 0.282 e. The summed E-state index contributed by atoms with van der Waals surface area (Å²) in [5.74, 6) is -2.18. The van der Waals surface area contributed by atoms with Crippen LogP contribution in [0.3, 0.4) is 0 Å². The number of rotatable bonds is 5. The number of amides is 3. The molecule has 0 saturated carbocycles. The van der Waals surface area contributed by atoms with Crippen LogP contribution in [0.5, 0.6) is 0 Å². The first kappa shape index (κ1) is 21.0. The molecule has 1 heterocycles. The molecule has 0 aromatic heterocycles. The number of hydrogen-bond donors (Lipinski definition) is 2. The van der Waals surface area contributed by atoms with E-state index in [-0.39, 0.29) is 22.9 Å². The average Bonchev–Trinajstić information content (AvgIpc) is 3.00. The van der Waals surface area contributed by atoms with Crippen LogP contribution in [0.4, 0.5) is 21.5 Å². The van der Waals surface area contributed by atoms with E-state index in [4.69, 9.17) is 0 Å². The van der Waals surface area contributed by atoms with Crippen LogP contribution in [0.2, 0.25) is 0 Å². The number of benzene rings is 3. The molecule has 1 aliphatic heterocycles. The summed E-state index contributed by atoms with van der Waals surface area (Å²) in [6.07, 6.45) is 0. The summed E-state index contributed by atoms with van der Waals surface area (Å²) >= 11 is 0. The van der Waals surface area contributed by atoms with Crippen molar-refractivity contribution >= 4 is 40.4 Å². The molecular weight excluding hydrogens is 409 g/mol. The summed E-state index contributed by atoms with van der Waals surface area (Å²) in [6.45, 7) is 3.27. The van der Waals surface area contributed by atoms with E-state index in [1.54, 1.807) is 36.4 Å². The number of nitrogens with one attached hydrogen (secondary N) is 2. The van der Waals surface area contributed by atoms with Crippen LogP contribution in [-0.4, -0.2) is 17.7 Å². The third-order valence-corrected chi connectivity index (χ3v) is 5.08. The minimum Gasteiger partial charge on any atom is -0.350 e. The van der Waals surface area contributed by atoms with Crippen LogP contribution in [0.1, 0.15) is 18.1 Å². The zero-order valence-electron chi connectivity index (χ0n) is 17.5. The molecule has 0 aliphatic carbocycles. The highest BCUT2D eigenvalue weighted by molar-refractivity contribution is 6.46. The topological polar surface area (TPSA) is 78.5 Å². The highest BCUT2D eigenvalue weighted by Gasteiger charge is 2.41. The molecule has 1 aliphatic rings. The summed E-state index contributed by atoms with van der Waals surface area (Å²) in [7, 11) is 0. The molecule has 0 spiro atoms. The lowest BCUT2D eigenvalue weighted by Gasteiger charge is -2.16. The second-order valence-corrected chi connectivity index (χ2v) is 7.35. The van der Waals surface area contributed by atoms with Crippen molar-refractivity contribution in [3.63, 3.8) is 0 Å². The standard InChI is InChI=1S/C25H20FN3O3/c1-15-7-3-5-9-20(15)28-23-22(17-11-13-18(14-12-17)27-16(2)30)24(31)29(25(23)32)21-10-6-4-8-19(21)26/h3-14,28H,1-2H3,(H,27,30). The van der Waals surface area contributed by atoms with E-state index in [0.29, 0.717) is 16.9 Å². The number of nitrogens with zero attached hydrogens (tertiary/aromatic N) is 1. The molecule has 4 rings (SSSR count). The molecule has 3 aromatic carbocycles. The fourth-order valence-electron chi connectivity index (χ4n) is 3.54. The Morgan fingerprint density at radius 1 is 0.875 bits per heavy atom. The maximum Gasteiger partial charge on any atom is 0.282 e. The minimum absolute atomic E-state index is 0.0554. The molecule has 3 aromatic rings. The fourth-order valence-corrected chi connectivity index (χ4v) is 3.54. The largest absolute Gasteiger partial charge is 0.350 e. The van der Waals surface area contributed by atoms with Crippen LogP contribution in [0, 0.1) is 12.7 Å². The fraction of sp³-hybridized carbons (Fsp3) is 0.0800. The Balaban J connectivity index is 1.82. The average molecular weight is 429 g/mol. The Morgan fingerprint density at radius 3 is 2.19 bits per heavy atom. The van der Waals surface area contributed by atoms with Gasteiger partial charge in [-0.15, -0.1) is 0 Å². The van der Waals surface area contributed by atoms with Crippen molar-refractivity contribution in [1.82, 2.24) is 0 Å². The van der Waals surface area contributed by atoms with Crippen LogP contribution in [0.25, 0.3) is 5.57 Å². The second-order valence-electron chi connectivity index (χ2n) is 7.35. The first-order valence-electron chi connectivity index (χ1n) is 9.95. The van der Waals surface area contributed by atoms with Gasteiger partial charge >= 0.3 is 0 Å². The van der Waals surface area contributed by atoms with Crippen molar-refractivity contribution in [3.8, 4) is 0 Å². The predicted molar refractivity (Wildman–Crippen MR) is 121 cm³/mol. The molecule has 32 heavy (non-hydrogen) atoms. The third-order valence-electron chi connectivity index (χ3n) is 5.08. The Kier molecular flexibility index (Phi) is 5.55. The molecule has 0 radical (unpaired) electrons. The molecule has 2 N–H and O–H groups in total. The van der Waals surface area contributed by atoms with Gasteiger partial charge in [-0.3, -0.25) is 14.4 Å². The zero-order valence-corrected chi connectivity index (χ0v) is 17.5. The lowest BCUT2D eigenvalue weighted by molar-refractivity contribution is -0.120. The highest BCUT2D eigenvalue weighted by Crippen LogP contribution is 2.35. The van der Waals surface area contributed by atoms with Crippen molar-refractivity contribution in [2.24, 2.45) is 0 Å². The summed E-state index contributed by atoms with van der Waals surface area (Å²) in [6, 6.07) is 19.5. The van der Waals surface area contributed by atoms with Gasteiger partial charge in [0.15, 0.2) is 0 Å². The van der Waals surface area contributed by atoms with Gasteiger partial charge in [-0.05, 0) is 48.4 Å². The molecule has 7 heteroatoms. The van der Waals surface area contributed by atoms with Crippen molar-refractivity contribution in [2.45, 2.75) is 13.8 Å². The molecule has 0 atom stereocenters. The number of halogens is 1. The monoisotopic (exact) mass is 429 g/mol. The summed E-state index contributed by atoms with van der Waals surface area (Å²) < 4.78 is 14.5. The predicted octanol–water partition coefficient (Wildman–Crippen LogP) is 4.49. The van der Waals surface area contributed by atoms with Gasteiger partial charge in [0.05, 0.1) is 11.3 Å². The van der Waals surface area contributed by atoms with E-state index in [0.717, 1.165) is 10.5 Å². The van der Waals surface area contributed by atoms with E-state index < -0.39 is 17.6 Å².